The predicted octanol–water partition coefficient (Wildman–Crippen LogP) is 3.28. The molecule has 16 heavy (non-hydrogen) atoms. The van der Waals surface area contributed by atoms with Gasteiger partial charge >= 0.3 is 0 Å². The summed E-state index contributed by atoms with van der Waals surface area (Å²) in [5.41, 5.74) is 1.27. The van der Waals surface area contributed by atoms with Gasteiger partial charge in [0.05, 0.1) is 18.2 Å². The second-order valence-electron chi connectivity index (χ2n) is 2.14. The largest absolute Gasteiger partial charge is 0.270 e. The summed E-state index contributed by atoms with van der Waals surface area (Å²) in [6, 6.07) is 5.25. The van der Waals surface area contributed by atoms with Crippen LogP contribution in [0, 0.1) is 40.1 Å². The monoisotopic (exact) mass is 386 g/mol. The average Bonchev–Trinajstić information content (AvgIpc) is 2.60. The van der Waals surface area contributed by atoms with Crippen LogP contribution in [0.5, 0.6) is 0 Å². The van der Waals surface area contributed by atoms with E-state index in [9.17, 15) is 0 Å². The molecule has 0 atom stereocenters. The van der Waals surface area contributed by atoms with Crippen molar-refractivity contribution < 1.29 is 21.1 Å². The fourth-order valence-corrected chi connectivity index (χ4v) is 0.515. The zero-order valence-corrected chi connectivity index (χ0v) is 13.0. The van der Waals surface area contributed by atoms with Crippen molar-refractivity contribution in [2.24, 2.45) is 0 Å². The van der Waals surface area contributed by atoms with Crippen LogP contribution in [0.3, 0.4) is 0 Å². The van der Waals surface area contributed by atoms with E-state index in [-0.39, 0.29) is 21.1 Å². The minimum Gasteiger partial charge on any atom is -0.270 e. The molecule has 4 heteroatoms. The van der Waals surface area contributed by atoms with Crippen LogP contribution in [0.4, 0.5) is 0 Å². The minimum atomic E-state index is 0. The van der Waals surface area contributed by atoms with Gasteiger partial charge in [-0.15, -0.1) is 6.42 Å². The zero-order chi connectivity index (χ0) is 12.5. The normalized spacial score (nSPS) is 8.44. The Hall–Kier alpha value is -1.36. The molecule has 0 saturated heterocycles. The van der Waals surface area contributed by atoms with Crippen LogP contribution >= 0.6 is 0 Å². The number of nitrogens with zero attached hydrogens (tertiary/aromatic N) is 3. The summed E-state index contributed by atoms with van der Waals surface area (Å²) in [7, 11) is 0. The van der Waals surface area contributed by atoms with Crippen LogP contribution < -0.4 is 0 Å². The van der Waals surface area contributed by atoms with Gasteiger partial charge in [-0.1, -0.05) is 6.92 Å². The molecule has 0 spiro atoms. The summed E-state index contributed by atoms with van der Waals surface area (Å²) in [6.45, 7) is 6.35. The van der Waals surface area contributed by atoms with Crippen LogP contribution in [0.1, 0.15) is 34.1 Å². The molecule has 0 heterocycles. The Bertz CT molecular complexity index is 266. The predicted molar refractivity (Wildman–Crippen MR) is 60.0 cm³/mol. The molecule has 1 rings (SSSR count). The average molecular weight is 386 g/mol. The fourth-order valence-electron chi connectivity index (χ4n) is 0.515. The molecule has 0 bridgehead atoms. The molecule has 0 aliphatic heterocycles. The third-order valence-corrected chi connectivity index (χ3v) is 0.867. The Labute approximate surface area is 113 Å². The number of allylic oxidation sites excluding steroid dienone is 4. The summed E-state index contributed by atoms with van der Waals surface area (Å²) in [5, 5.41) is 22.0. The minimum absolute atomic E-state index is 0. The van der Waals surface area contributed by atoms with E-state index >= 15 is 0 Å². The molecule has 0 radical (unpaired) electrons. The van der Waals surface area contributed by atoms with Gasteiger partial charge in [0, 0.05) is 41.8 Å². The molecular weight excluding hydrogens is 370 g/mol. The van der Waals surface area contributed by atoms with Crippen molar-refractivity contribution in [1.82, 2.24) is 0 Å². The number of rotatable bonds is 0. The fraction of sp³-hybridized carbons (Fsp3) is 0.417. The Morgan fingerprint density at radius 3 is 1.44 bits per heavy atom. The van der Waals surface area contributed by atoms with E-state index in [2.05, 4.69) is 25.2 Å². The molecule has 1 aliphatic rings. The van der Waals surface area contributed by atoms with Gasteiger partial charge in [0.15, 0.2) is 0 Å². The van der Waals surface area contributed by atoms with E-state index in [1.807, 2.05) is 0 Å². The second kappa shape index (κ2) is 29.2. The van der Waals surface area contributed by atoms with Crippen molar-refractivity contribution in [3.8, 4) is 18.2 Å². The maximum absolute atomic E-state index is 7.32. The van der Waals surface area contributed by atoms with Gasteiger partial charge < -0.3 is 0 Å². The van der Waals surface area contributed by atoms with Gasteiger partial charge in [0.25, 0.3) is 0 Å². The van der Waals surface area contributed by atoms with Crippen molar-refractivity contribution in [1.29, 1.82) is 15.8 Å². The smallest absolute Gasteiger partial charge is 0.0587 e. The summed E-state index contributed by atoms with van der Waals surface area (Å²) in [6.07, 6.45) is 8.33. The van der Waals surface area contributed by atoms with Gasteiger partial charge in [0.2, 0.25) is 0 Å². The van der Waals surface area contributed by atoms with Gasteiger partial charge in [-0.2, -0.15) is 21.9 Å². The summed E-state index contributed by atoms with van der Waals surface area (Å²) < 4.78 is 0. The first-order valence-electron chi connectivity index (χ1n) is 4.30. The first-order valence-corrected chi connectivity index (χ1v) is 4.30. The van der Waals surface area contributed by atoms with E-state index in [4.69, 9.17) is 15.8 Å². The second-order valence-corrected chi connectivity index (χ2v) is 2.14. The van der Waals surface area contributed by atoms with E-state index in [1.165, 1.54) is 26.3 Å². The summed E-state index contributed by atoms with van der Waals surface area (Å²) >= 11 is 0. The van der Waals surface area contributed by atoms with Crippen molar-refractivity contribution >= 4 is 0 Å². The number of nitriles is 3. The molecule has 3 nitrogen and oxygen atoms in total. The molecule has 0 aromatic heterocycles. The molecular formula is C12H16N3W-. The van der Waals surface area contributed by atoms with E-state index in [1.54, 1.807) is 18.2 Å². The van der Waals surface area contributed by atoms with Gasteiger partial charge in [-0.25, -0.2) is 11.6 Å². The third-order valence-electron chi connectivity index (χ3n) is 0.867. The van der Waals surface area contributed by atoms with Crippen molar-refractivity contribution in [2.45, 2.75) is 34.1 Å². The Morgan fingerprint density at radius 2 is 1.38 bits per heavy atom. The topological polar surface area (TPSA) is 71.4 Å². The molecule has 0 unspecified atom stereocenters. The first-order chi connectivity index (χ1) is 7.14. The first kappa shape index (κ1) is 24.1. The molecule has 0 aromatic carbocycles. The van der Waals surface area contributed by atoms with Crippen LogP contribution in [0.25, 0.3) is 0 Å². The van der Waals surface area contributed by atoms with Crippen LogP contribution in [0.15, 0.2) is 17.7 Å². The molecule has 1 aliphatic carbocycles. The Balaban J connectivity index is -0.0000000637. The SMILES string of the molecule is CC#N.CC#N.CC#N.CC1=[C-]CC=C1.[W]. The standard InChI is InChI=1S/C6H7.3C2H3N.W/c1-6-4-2-3-5-6;3*1-2-3;/h2,4H,3H2,1H3;3*1H3;/q-1;;;;. The maximum Gasteiger partial charge on any atom is 0.0587 e. The van der Waals surface area contributed by atoms with Crippen LogP contribution in [-0.2, 0) is 21.1 Å². The molecule has 0 N–H and O–H groups in total. The Morgan fingerprint density at radius 1 is 1.06 bits per heavy atom. The summed E-state index contributed by atoms with van der Waals surface area (Å²) in [4.78, 5) is 0. The molecule has 86 valence electrons. The van der Waals surface area contributed by atoms with Gasteiger partial charge in [-0.05, 0) is 0 Å². The molecule has 0 aromatic rings. The third kappa shape index (κ3) is 53.8. The molecule has 0 amide bonds. The summed E-state index contributed by atoms with van der Waals surface area (Å²) in [5.74, 6) is 0. The van der Waals surface area contributed by atoms with Gasteiger partial charge in [0.1, 0.15) is 0 Å². The van der Waals surface area contributed by atoms with Gasteiger partial charge in [-0.3, -0.25) is 6.08 Å². The quantitative estimate of drug-likeness (QED) is 0.600. The number of hydrogen-bond donors (Lipinski definition) is 0. The zero-order valence-electron chi connectivity index (χ0n) is 10.1. The van der Waals surface area contributed by atoms with E-state index in [0.29, 0.717) is 0 Å². The number of hydrogen-bond acceptors (Lipinski definition) is 3. The van der Waals surface area contributed by atoms with E-state index < -0.39 is 0 Å². The Kier molecular flexibility index (Phi) is 43.9. The van der Waals surface area contributed by atoms with E-state index in [0.717, 1.165) is 6.42 Å². The van der Waals surface area contributed by atoms with Crippen LogP contribution in [0.2, 0.25) is 0 Å². The maximum atomic E-state index is 7.32. The molecule has 0 saturated carbocycles. The van der Waals surface area contributed by atoms with Crippen molar-refractivity contribution in [2.75, 3.05) is 0 Å². The van der Waals surface area contributed by atoms with Crippen molar-refractivity contribution in [3.63, 3.8) is 0 Å². The molecule has 0 fully saturated rings. The van der Waals surface area contributed by atoms with Crippen molar-refractivity contribution in [3.05, 3.63) is 23.8 Å². The van der Waals surface area contributed by atoms with Crippen LogP contribution in [-0.4, -0.2) is 0 Å².